The Morgan fingerprint density at radius 3 is 1.65 bits per heavy atom. The Hall–Kier alpha value is -8.34. The van der Waals surface area contributed by atoms with Gasteiger partial charge in [-0.05, 0) is 93.0 Å². The van der Waals surface area contributed by atoms with Gasteiger partial charge in [-0.15, -0.1) is 0 Å². The van der Waals surface area contributed by atoms with E-state index >= 15 is 0 Å². The summed E-state index contributed by atoms with van der Waals surface area (Å²) in [7, 11) is 0. The number of nitrogens with zero attached hydrogens (tertiary/aromatic N) is 4. The van der Waals surface area contributed by atoms with Gasteiger partial charge in [0, 0.05) is 43.6 Å². The van der Waals surface area contributed by atoms with Crippen LogP contribution in [0.4, 0.5) is 0 Å². The molecule has 3 aromatic heterocycles. The van der Waals surface area contributed by atoms with Gasteiger partial charge in [0.25, 0.3) is 0 Å². The molecule has 0 amide bonds. The number of aromatic nitrogens is 4. The van der Waals surface area contributed by atoms with Crippen LogP contribution < -0.4 is 0 Å². The minimum Gasteiger partial charge on any atom is -0.309 e. The van der Waals surface area contributed by atoms with Crippen molar-refractivity contribution in [2.45, 2.75) is 0 Å². The molecule has 4 heteroatoms. The molecule has 0 aliphatic heterocycles. The van der Waals surface area contributed by atoms with Crippen molar-refractivity contribution in [3.05, 3.63) is 218 Å². The fourth-order valence-corrected chi connectivity index (χ4v) is 9.85. The second-order valence-corrected chi connectivity index (χ2v) is 16.2. The first-order valence-corrected chi connectivity index (χ1v) is 21.2. The molecule has 10 aromatic carbocycles. The second-order valence-electron chi connectivity index (χ2n) is 16.2. The van der Waals surface area contributed by atoms with Crippen LogP contribution in [0.5, 0.6) is 0 Å². The molecule has 0 atom stereocenters. The molecule has 0 aliphatic rings. The van der Waals surface area contributed by atoms with Crippen molar-refractivity contribution in [2.75, 3.05) is 0 Å². The summed E-state index contributed by atoms with van der Waals surface area (Å²) in [5, 5.41) is 10.6. The van der Waals surface area contributed by atoms with E-state index in [0.717, 1.165) is 49.8 Å². The molecule has 0 aliphatic carbocycles. The maximum Gasteiger partial charge on any atom is 0.235 e. The molecule has 0 saturated heterocycles. The third-order valence-electron chi connectivity index (χ3n) is 12.7. The third-order valence-corrected chi connectivity index (χ3v) is 12.7. The van der Waals surface area contributed by atoms with Gasteiger partial charge in [0.15, 0.2) is 0 Å². The molecule has 13 aromatic rings. The summed E-state index contributed by atoms with van der Waals surface area (Å²) < 4.78 is 4.68. The minimum atomic E-state index is 0.646. The van der Waals surface area contributed by atoms with Gasteiger partial charge in [0.1, 0.15) is 0 Å². The molecule has 13 rings (SSSR count). The van der Waals surface area contributed by atoms with Gasteiger partial charge in [-0.3, -0.25) is 4.57 Å². The standard InChI is InChI=1S/C58H36N4/c1-3-15-37(16-4-1)38-27-28-40-34-42(30-29-39(40)33-38)56-49-23-9-12-24-52(49)59-58(60-56)62-54-26-14-10-20-45(54)47-32-31-41(35-55(47)62)50-36-51-46-21-11-13-25-53(46)61(43-17-5-2-6-18-43)57(51)48-22-8-7-19-44(48)50/h1-36H. The summed E-state index contributed by atoms with van der Waals surface area (Å²) in [5.74, 6) is 0.646. The molecule has 62 heavy (non-hydrogen) atoms. The predicted molar refractivity (Wildman–Crippen MR) is 260 cm³/mol. The molecular weight excluding hydrogens is 753 g/mol. The molecule has 0 saturated carbocycles. The number of benzene rings is 10. The highest BCUT2D eigenvalue weighted by Gasteiger charge is 2.21. The van der Waals surface area contributed by atoms with E-state index in [9.17, 15) is 0 Å². The SMILES string of the molecule is c1ccc(-c2ccc3cc(-c4nc(-n5c6ccccc6c6ccc(-c7cc8c9ccccc9n(-c9ccccc9)c8c8ccccc78)cc65)nc5ccccc45)ccc3c2)cc1. The highest BCUT2D eigenvalue weighted by atomic mass is 15.2. The van der Waals surface area contributed by atoms with Gasteiger partial charge in [-0.25, -0.2) is 9.97 Å². The van der Waals surface area contributed by atoms with Crippen LogP contribution in [-0.4, -0.2) is 19.1 Å². The minimum absolute atomic E-state index is 0.646. The lowest BCUT2D eigenvalue weighted by molar-refractivity contribution is 1.01. The Labute approximate surface area is 357 Å². The molecule has 0 spiro atoms. The normalized spacial score (nSPS) is 11.9. The molecule has 0 N–H and O–H groups in total. The van der Waals surface area contributed by atoms with E-state index < -0.39 is 0 Å². The summed E-state index contributed by atoms with van der Waals surface area (Å²) in [6.07, 6.45) is 0. The van der Waals surface area contributed by atoms with E-state index in [2.05, 4.69) is 228 Å². The van der Waals surface area contributed by atoms with Crippen molar-refractivity contribution >= 4 is 76.1 Å². The van der Waals surface area contributed by atoms with Crippen LogP contribution >= 0.6 is 0 Å². The van der Waals surface area contributed by atoms with E-state index in [1.807, 2.05) is 0 Å². The summed E-state index contributed by atoms with van der Waals surface area (Å²) >= 11 is 0. The molecule has 3 heterocycles. The fraction of sp³-hybridized carbons (Fsp3) is 0. The number of para-hydroxylation sites is 4. The molecule has 288 valence electrons. The van der Waals surface area contributed by atoms with E-state index in [-0.39, 0.29) is 0 Å². The predicted octanol–water partition coefficient (Wildman–Crippen LogP) is 15.1. The maximum atomic E-state index is 5.49. The van der Waals surface area contributed by atoms with Crippen molar-refractivity contribution in [2.24, 2.45) is 0 Å². The van der Waals surface area contributed by atoms with Crippen LogP contribution in [0.2, 0.25) is 0 Å². The van der Waals surface area contributed by atoms with Crippen molar-refractivity contribution in [3.63, 3.8) is 0 Å². The molecular formula is C58H36N4. The Morgan fingerprint density at radius 1 is 0.306 bits per heavy atom. The Balaban J connectivity index is 1.03. The van der Waals surface area contributed by atoms with Crippen LogP contribution in [-0.2, 0) is 0 Å². The van der Waals surface area contributed by atoms with Crippen molar-refractivity contribution in [3.8, 4) is 45.1 Å². The number of hydrogen-bond acceptors (Lipinski definition) is 2. The zero-order chi connectivity index (χ0) is 40.7. The Kier molecular flexibility index (Phi) is 7.57. The lowest BCUT2D eigenvalue weighted by Gasteiger charge is -2.14. The smallest absolute Gasteiger partial charge is 0.235 e. The van der Waals surface area contributed by atoms with E-state index in [0.29, 0.717) is 5.95 Å². The average molecular weight is 789 g/mol. The first kappa shape index (κ1) is 34.5. The average Bonchev–Trinajstić information content (AvgIpc) is 3.86. The number of rotatable bonds is 5. The quantitative estimate of drug-likeness (QED) is 0.174. The Bertz CT molecular complexity index is 3920. The van der Waals surface area contributed by atoms with Crippen molar-refractivity contribution in [1.29, 1.82) is 0 Å². The van der Waals surface area contributed by atoms with Gasteiger partial charge in [0.05, 0.1) is 33.3 Å². The van der Waals surface area contributed by atoms with Gasteiger partial charge in [-0.2, -0.15) is 0 Å². The largest absolute Gasteiger partial charge is 0.309 e. The first-order chi connectivity index (χ1) is 30.7. The van der Waals surface area contributed by atoms with Crippen LogP contribution in [0.25, 0.3) is 121 Å². The molecule has 4 nitrogen and oxygen atoms in total. The highest BCUT2D eigenvalue weighted by Crippen LogP contribution is 2.43. The van der Waals surface area contributed by atoms with Crippen LogP contribution in [0.1, 0.15) is 0 Å². The molecule has 0 radical (unpaired) electrons. The zero-order valence-corrected chi connectivity index (χ0v) is 33.6. The lowest BCUT2D eigenvalue weighted by atomic mass is 9.94. The zero-order valence-electron chi connectivity index (χ0n) is 33.6. The monoisotopic (exact) mass is 788 g/mol. The van der Waals surface area contributed by atoms with Crippen molar-refractivity contribution < 1.29 is 0 Å². The van der Waals surface area contributed by atoms with Gasteiger partial charge < -0.3 is 4.57 Å². The fourth-order valence-electron chi connectivity index (χ4n) is 9.85. The number of hydrogen-bond donors (Lipinski definition) is 0. The molecule has 0 fully saturated rings. The summed E-state index contributed by atoms with van der Waals surface area (Å²) in [6.45, 7) is 0. The Morgan fingerprint density at radius 2 is 0.871 bits per heavy atom. The van der Waals surface area contributed by atoms with E-state index in [4.69, 9.17) is 9.97 Å². The van der Waals surface area contributed by atoms with E-state index in [1.165, 1.54) is 65.4 Å². The van der Waals surface area contributed by atoms with Gasteiger partial charge in [-0.1, -0.05) is 164 Å². The first-order valence-electron chi connectivity index (χ1n) is 21.2. The maximum absolute atomic E-state index is 5.49. The third kappa shape index (κ3) is 5.27. The van der Waals surface area contributed by atoms with Gasteiger partial charge >= 0.3 is 0 Å². The summed E-state index contributed by atoms with van der Waals surface area (Å²) in [6, 6.07) is 78.6. The number of fused-ring (bicyclic) bond motifs is 10. The second kappa shape index (κ2) is 13.6. The van der Waals surface area contributed by atoms with Crippen molar-refractivity contribution in [1.82, 2.24) is 19.1 Å². The topological polar surface area (TPSA) is 35.6 Å². The van der Waals surface area contributed by atoms with Crippen LogP contribution in [0, 0.1) is 0 Å². The highest BCUT2D eigenvalue weighted by molar-refractivity contribution is 6.22. The summed E-state index contributed by atoms with van der Waals surface area (Å²) in [4.78, 5) is 10.8. The molecule has 0 bridgehead atoms. The van der Waals surface area contributed by atoms with Crippen LogP contribution in [0.3, 0.4) is 0 Å². The van der Waals surface area contributed by atoms with Gasteiger partial charge in [0.2, 0.25) is 5.95 Å². The lowest BCUT2D eigenvalue weighted by Crippen LogP contribution is -2.03. The summed E-state index contributed by atoms with van der Waals surface area (Å²) in [5.41, 5.74) is 13.3. The van der Waals surface area contributed by atoms with E-state index in [1.54, 1.807) is 0 Å². The van der Waals surface area contributed by atoms with Crippen LogP contribution in [0.15, 0.2) is 218 Å². The molecule has 0 unspecified atom stereocenters.